The highest BCUT2D eigenvalue weighted by Crippen LogP contribution is 2.47. The van der Waals surface area contributed by atoms with E-state index >= 15 is 0 Å². The fraction of sp³-hybridized carbons (Fsp3) is 0.300. The number of ether oxygens (including phenoxy) is 1. The van der Waals surface area contributed by atoms with Crippen molar-refractivity contribution >= 4 is 11.9 Å². The molecule has 2 aromatic rings. The molecule has 0 radical (unpaired) electrons. The molecule has 25 heavy (non-hydrogen) atoms. The molecule has 0 aromatic heterocycles. The predicted octanol–water partition coefficient (Wildman–Crippen LogP) is 3.22. The molecule has 1 amide bonds. The molecule has 5 nitrogen and oxygen atoms in total. The predicted molar refractivity (Wildman–Crippen MR) is 91.7 cm³/mol. The topological polar surface area (TPSA) is 66.8 Å². The number of carbonyl (C=O) groups is 2. The number of carboxylic acids is 1. The molecule has 1 saturated carbocycles. The van der Waals surface area contributed by atoms with Gasteiger partial charge in [-0.2, -0.15) is 0 Å². The average Bonchev–Trinajstić information content (AvgIpc) is 3.46. The zero-order chi connectivity index (χ0) is 17.6. The summed E-state index contributed by atoms with van der Waals surface area (Å²) in [6.07, 6.45) is 1.85. The third kappa shape index (κ3) is 2.56. The van der Waals surface area contributed by atoms with Crippen LogP contribution in [0.1, 0.15) is 46.3 Å². The Balaban J connectivity index is 1.88. The van der Waals surface area contributed by atoms with E-state index in [9.17, 15) is 14.7 Å². The standard InChI is InChI=1S/C20H19NO4/c1-25-14-10-6-12(7-11-14)18-17(20(23)24)15-4-2-3-5-16(15)19(22)21(18)13-8-9-13/h2-7,10-11,13,17-18H,8-9H2,1H3,(H,23,24)/t17-,18+/m0/s1. The SMILES string of the molecule is COc1ccc([C@@H]2[C@@H](C(=O)O)c3ccccc3C(=O)N2C2CC2)cc1. The molecule has 1 heterocycles. The second-order valence-corrected chi connectivity index (χ2v) is 6.56. The quantitative estimate of drug-likeness (QED) is 0.930. The van der Waals surface area contributed by atoms with Crippen LogP contribution in [0.3, 0.4) is 0 Å². The van der Waals surface area contributed by atoms with Gasteiger partial charge < -0.3 is 14.7 Å². The normalized spacial score (nSPS) is 22.4. The van der Waals surface area contributed by atoms with Crippen LogP contribution in [0.15, 0.2) is 48.5 Å². The maximum absolute atomic E-state index is 13.1. The molecule has 4 rings (SSSR count). The highest BCUT2D eigenvalue weighted by atomic mass is 16.5. The van der Waals surface area contributed by atoms with Gasteiger partial charge in [-0.1, -0.05) is 30.3 Å². The number of carbonyl (C=O) groups excluding carboxylic acids is 1. The van der Waals surface area contributed by atoms with Gasteiger partial charge in [-0.25, -0.2) is 0 Å². The third-order valence-electron chi connectivity index (χ3n) is 5.04. The van der Waals surface area contributed by atoms with Gasteiger partial charge in [-0.3, -0.25) is 9.59 Å². The monoisotopic (exact) mass is 337 g/mol. The Morgan fingerprint density at radius 1 is 1.12 bits per heavy atom. The van der Waals surface area contributed by atoms with Crippen molar-refractivity contribution in [2.24, 2.45) is 0 Å². The lowest BCUT2D eigenvalue weighted by atomic mass is 9.79. The Bertz CT molecular complexity index is 826. The number of carboxylic acid groups (broad SMARTS) is 1. The molecule has 1 fully saturated rings. The first-order chi connectivity index (χ1) is 12.1. The van der Waals surface area contributed by atoms with Gasteiger partial charge in [0.05, 0.1) is 13.2 Å². The number of methoxy groups -OCH3 is 1. The van der Waals surface area contributed by atoms with Gasteiger partial charge in [-0.05, 0) is 42.2 Å². The summed E-state index contributed by atoms with van der Waals surface area (Å²) in [5, 5.41) is 9.96. The highest BCUT2D eigenvalue weighted by molar-refractivity contribution is 6.00. The number of benzene rings is 2. The summed E-state index contributed by atoms with van der Waals surface area (Å²) in [4.78, 5) is 27.0. The van der Waals surface area contributed by atoms with E-state index in [1.54, 1.807) is 36.3 Å². The maximum atomic E-state index is 13.1. The Labute approximate surface area is 145 Å². The second-order valence-electron chi connectivity index (χ2n) is 6.56. The van der Waals surface area contributed by atoms with Crippen molar-refractivity contribution in [1.29, 1.82) is 0 Å². The van der Waals surface area contributed by atoms with Crippen LogP contribution in [0.2, 0.25) is 0 Å². The van der Waals surface area contributed by atoms with Crippen LogP contribution < -0.4 is 4.74 Å². The molecular weight excluding hydrogens is 318 g/mol. The van der Waals surface area contributed by atoms with Crippen molar-refractivity contribution in [3.05, 3.63) is 65.2 Å². The van der Waals surface area contributed by atoms with E-state index in [0.717, 1.165) is 18.4 Å². The number of fused-ring (bicyclic) bond motifs is 1. The van der Waals surface area contributed by atoms with Gasteiger partial charge in [0.25, 0.3) is 5.91 Å². The first kappa shape index (κ1) is 15.7. The van der Waals surface area contributed by atoms with Crippen molar-refractivity contribution in [2.75, 3.05) is 7.11 Å². The minimum Gasteiger partial charge on any atom is -0.497 e. The zero-order valence-corrected chi connectivity index (χ0v) is 13.9. The van der Waals surface area contributed by atoms with Gasteiger partial charge in [0.1, 0.15) is 11.7 Å². The minimum atomic E-state index is -0.911. The van der Waals surface area contributed by atoms with E-state index in [2.05, 4.69) is 0 Å². The molecule has 5 heteroatoms. The number of hydrogen-bond acceptors (Lipinski definition) is 3. The van der Waals surface area contributed by atoms with E-state index in [-0.39, 0.29) is 11.9 Å². The zero-order valence-electron chi connectivity index (χ0n) is 13.9. The molecule has 1 N–H and O–H groups in total. The van der Waals surface area contributed by atoms with E-state index in [4.69, 9.17) is 4.74 Å². The lowest BCUT2D eigenvalue weighted by Gasteiger charge is -2.41. The Kier molecular flexibility index (Phi) is 3.71. The molecule has 0 saturated heterocycles. The van der Waals surface area contributed by atoms with Crippen molar-refractivity contribution in [3.8, 4) is 5.75 Å². The number of nitrogens with zero attached hydrogens (tertiary/aromatic N) is 1. The molecule has 0 spiro atoms. The van der Waals surface area contributed by atoms with Crippen molar-refractivity contribution in [2.45, 2.75) is 30.8 Å². The minimum absolute atomic E-state index is 0.0728. The second kappa shape index (κ2) is 5.92. The van der Waals surface area contributed by atoms with Gasteiger partial charge in [0.15, 0.2) is 0 Å². The van der Waals surface area contributed by atoms with Crippen LogP contribution in [0.25, 0.3) is 0 Å². The molecule has 0 bridgehead atoms. The van der Waals surface area contributed by atoms with E-state index < -0.39 is 17.9 Å². The molecule has 1 aliphatic heterocycles. The fourth-order valence-corrected chi connectivity index (χ4v) is 3.73. The van der Waals surface area contributed by atoms with Crippen molar-refractivity contribution < 1.29 is 19.4 Å². The van der Waals surface area contributed by atoms with Crippen LogP contribution in [-0.4, -0.2) is 35.0 Å². The van der Waals surface area contributed by atoms with Crippen LogP contribution >= 0.6 is 0 Å². The molecule has 2 aliphatic rings. The summed E-state index contributed by atoms with van der Waals surface area (Å²) in [5.41, 5.74) is 1.92. The lowest BCUT2D eigenvalue weighted by Crippen LogP contribution is -2.46. The van der Waals surface area contributed by atoms with Crippen LogP contribution in [0.5, 0.6) is 5.75 Å². The first-order valence-electron chi connectivity index (χ1n) is 8.40. The van der Waals surface area contributed by atoms with E-state index in [1.165, 1.54) is 0 Å². The van der Waals surface area contributed by atoms with Gasteiger partial charge in [0.2, 0.25) is 0 Å². The summed E-state index contributed by atoms with van der Waals surface area (Å²) in [6, 6.07) is 14.0. The largest absolute Gasteiger partial charge is 0.497 e. The van der Waals surface area contributed by atoms with Crippen molar-refractivity contribution in [3.63, 3.8) is 0 Å². The number of aliphatic carboxylic acids is 1. The van der Waals surface area contributed by atoms with Crippen molar-refractivity contribution in [1.82, 2.24) is 4.90 Å². The Hall–Kier alpha value is -2.82. The van der Waals surface area contributed by atoms with Gasteiger partial charge >= 0.3 is 5.97 Å². The van der Waals surface area contributed by atoms with Gasteiger partial charge in [-0.15, -0.1) is 0 Å². The summed E-state index contributed by atoms with van der Waals surface area (Å²) in [5.74, 6) is -1.05. The maximum Gasteiger partial charge on any atom is 0.313 e. The summed E-state index contributed by atoms with van der Waals surface area (Å²) in [6.45, 7) is 0. The Morgan fingerprint density at radius 2 is 1.80 bits per heavy atom. The van der Waals surface area contributed by atoms with Gasteiger partial charge in [0, 0.05) is 11.6 Å². The fourth-order valence-electron chi connectivity index (χ4n) is 3.73. The molecular formula is C20H19NO4. The summed E-state index contributed by atoms with van der Waals surface area (Å²) < 4.78 is 5.20. The third-order valence-corrected chi connectivity index (χ3v) is 5.04. The molecule has 0 unspecified atom stereocenters. The average molecular weight is 337 g/mol. The summed E-state index contributed by atoms with van der Waals surface area (Å²) in [7, 11) is 1.59. The molecule has 128 valence electrons. The van der Waals surface area contributed by atoms with E-state index in [1.807, 2.05) is 24.3 Å². The Morgan fingerprint density at radius 3 is 2.40 bits per heavy atom. The first-order valence-corrected chi connectivity index (χ1v) is 8.40. The number of amides is 1. The van der Waals surface area contributed by atoms with Crippen LogP contribution in [-0.2, 0) is 4.79 Å². The summed E-state index contributed by atoms with van der Waals surface area (Å²) >= 11 is 0. The molecule has 1 aliphatic carbocycles. The molecule has 2 aromatic carbocycles. The van der Waals surface area contributed by atoms with Crippen LogP contribution in [0.4, 0.5) is 0 Å². The molecule has 2 atom stereocenters. The van der Waals surface area contributed by atoms with Crippen LogP contribution in [0, 0.1) is 0 Å². The highest BCUT2D eigenvalue weighted by Gasteiger charge is 2.49. The van der Waals surface area contributed by atoms with E-state index in [0.29, 0.717) is 16.9 Å². The lowest BCUT2D eigenvalue weighted by molar-refractivity contribution is -0.140. The smallest absolute Gasteiger partial charge is 0.313 e. The number of hydrogen-bond donors (Lipinski definition) is 1. The number of rotatable bonds is 4.